The van der Waals surface area contributed by atoms with Gasteiger partial charge in [0.2, 0.25) is 5.91 Å². The second kappa shape index (κ2) is 5.37. The standard InChI is InChI=1S/C9H16F2N2O2/c10-9(11,6-14)5-13-8(15)4-7-2-1-3-12-7/h7,12,14H,1-6H2,(H,13,15). The normalized spacial score (nSPS) is 21.7. The summed E-state index contributed by atoms with van der Waals surface area (Å²) in [5, 5.41) is 13.5. The maximum absolute atomic E-state index is 12.5. The molecule has 1 saturated heterocycles. The fourth-order valence-electron chi connectivity index (χ4n) is 1.51. The van der Waals surface area contributed by atoms with E-state index in [-0.39, 0.29) is 12.5 Å². The van der Waals surface area contributed by atoms with Crippen LogP contribution >= 0.6 is 0 Å². The molecule has 1 heterocycles. The number of aliphatic hydroxyl groups is 1. The highest BCUT2D eigenvalue weighted by molar-refractivity contribution is 5.76. The van der Waals surface area contributed by atoms with E-state index in [2.05, 4.69) is 10.6 Å². The van der Waals surface area contributed by atoms with Crippen LogP contribution < -0.4 is 10.6 Å². The maximum atomic E-state index is 12.5. The fraction of sp³-hybridized carbons (Fsp3) is 0.889. The van der Waals surface area contributed by atoms with Gasteiger partial charge < -0.3 is 15.7 Å². The Morgan fingerprint density at radius 2 is 2.33 bits per heavy atom. The van der Waals surface area contributed by atoms with Crippen molar-refractivity contribution >= 4 is 5.91 Å². The van der Waals surface area contributed by atoms with Crippen molar-refractivity contribution in [2.75, 3.05) is 19.7 Å². The molecule has 88 valence electrons. The molecule has 1 aliphatic rings. The van der Waals surface area contributed by atoms with E-state index >= 15 is 0 Å². The Balaban J connectivity index is 2.18. The van der Waals surface area contributed by atoms with Gasteiger partial charge in [-0.2, -0.15) is 0 Å². The van der Waals surface area contributed by atoms with Crippen LogP contribution in [-0.2, 0) is 4.79 Å². The zero-order valence-corrected chi connectivity index (χ0v) is 8.43. The highest BCUT2D eigenvalue weighted by atomic mass is 19.3. The summed E-state index contributed by atoms with van der Waals surface area (Å²) >= 11 is 0. The second-order valence-corrected chi connectivity index (χ2v) is 3.79. The summed E-state index contributed by atoms with van der Waals surface area (Å²) in [4.78, 5) is 11.2. The van der Waals surface area contributed by atoms with Gasteiger partial charge in [0.05, 0.1) is 6.54 Å². The summed E-state index contributed by atoms with van der Waals surface area (Å²) in [6, 6.07) is 0.104. The van der Waals surface area contributed by atoms with E-state index in [1.807, 2.05) is 0 Å². The van der Waals surface area contributed by atoms with Crippen molar-refractivity contribution in [1.29, 1.82) is 0 Å². The predicted octanol–water partition coefficient (Wildman–Crippen LogP) is -0.128. The molecule has 0 bridgehead atoms. The quantitative estimate of drug-likeness (QED) is 0.607. The van der Waals surface area contributed by atoms with E-state index in [0.717, 1.165) is 19.4 Å². The number of alkyl halides is 2. The Morgan fingerprint density at radius 3 is 2.87 bits per heavy atom. The molecule has 1 fully saturated rings. The molecule has 0 aromatic rings. The maximum Gasteiger partial charge on any atom is 0.287 e. The number of nitrogens with one attached hydrogen (secondary N) is 2. The summed E-state index contributed by atoms with van der Waals surface area (Å²) in [5.41, 5.74) is 0. The van der Waals surface area contributed by atoms with E-state index in [0.29, 0.717) is 0 Å². The van der Waals surface area contributed by atoms with E-state index in [4.69, 9.17) is 5.11 Å². The van der Waals surface area contributed by atoms with E-state index < -0.39 is 25.0 Å². The largest absolute Gasteiger partial charge is 0.390 e. The molecule has 1 atom stereocenters. The number of rotatable bonds is 5. The molecule has 0 saturated carbocycles. The first-order valence-corrected chi connectivity index (χ1v) is 5.02. The molecule has 4 nitrogen and oxygen atoms in total. The SMILES string of the molecule is O=C(CC1CCCN1)NCC(F)(F)CO. The van der Waals surface area contributed by atoms with Gasteiger partial charge >= 0.3 is 0 Å². The number of aliphatic hydroxyl groups excluding tert-OH is 1. The third-order valence-corrected chi connectivity index (χ3v) is 2.37. The van der Waals surface area contributed by atoms with Gasteiger partial charge in [0.25, 0.3) is 5.92 Å². The zero-order valence-electron chi connectivity index (χ0n) is 8.43. The second-order valence-electron chi connectivity index (χ2n) is 3.79. The predicted molar refractivity (Wildman–Crippen MR) is 50.7 cm³/mol. The van der Waals surface area contributed by atoms with Gasteiger partial charge in [-0.15, -0.1) is 0 Å². The fourth-order valence-corrected chi connectivity index (χ4v) is 1.51. The molecule has 0 spiro atoms. The zero-order chi connectivity index (χ0) is 11.3. The Hall–Kier alpha value is -0.750. The molecule has 0 aromatic carbocycles. The monoisotopic (exact) mass is 222 g/mol. The number of amides is 1. The van der Waals surface area contributed by atoms with Gasteiger partial charge in [-0.3, -0.25) is 4.79 Å². The Bertz CT molecular complexity index is 218. The van der Waals surface area contributed by atoms with Crippen molar-refractivity contribution in [3.05, 3.63) is 0 Å². The molecule has 15 heavy (non-hydrogen) atoms. The van der Waals surface area contributed by atoms with Crippen molar-refractivity contribution in [3.8, 4) is 0 Å². The summed E-state index contributed by atoms with van der Waals surface area (Å²) in [6.45, 7) is -1.16. The number of hydrogen-bond donors (Lipinski definition) is 3. The smallest absolute Gasteiger partial charge is 0.287 e. The lowest BCUT2D eigenvalue weighted by atomic mass is 10.1. The number of carbonyl (C=O) groups excluding carboxylic acids is 1. The van der Waals surface area contributed by atoms with Crippen molar-refractivity contribution in [2.45, 2.75) is 31.2 Å². The first kappa shape index (κ1) is 12.3. The minimum atomic E-state index is -3.22. The van der Waals surface area contributed by atoms with Crippen LogP contribution in [0.15, 0.2) is 0 Å². The van der Waals surface area contributed by atoms with Crippen LogP contribution in [0.1, 0.15) is 19.3 Å². The third kappa shape index (κ3) is 4.53. The van der Waals surface area contributed by atoms with Gasteiger partial charge in [-0.25, -0.2) is 8.78 Å². The Morgan fingerprint density at radius 1 is 1.60 bits per heavy atom. The van der Waals surface area contributed by atoms with Gasteiger partial charge in [-0.1, -0.05) is 0 Å². The average Bonchev–Trinajstić information content (AvgIpc) is 2.68. The van der Waals surface area contributed by atoms with E-state index in [1.165, 1.54) is 0 Å². The minimum absolute atomic E-state index is 0.104. The average molecular weight is 222 g/mol. The Kier molecular flexibility index (Phi) is 4.41. The molecule has 1 unspecified atom stereocenters. The van der Waals surface area contributed by atoms with Crippen LogP contribution in [-0.4, -0.2) is 42.7 Å². The van der Waals surface area contributed by atoms with Crippen LogP contribution in [0.5, 0.6) is 0 Å². The number of halogens is 2. The Labute approximate surface area is 87.0 Å². The molecule has 1 rings (SSSR count). The number of carbonyl (C=O) groups is 1. The van der Waals surface area contributed by atoms with Crippen molar-refractivity contribution in [1.82, 2.24) is 10.6 Å². The summed E-state index contributed by atoms with van der Waals surface area (Å²) in [7, 11) is 0. The first-order chi connectivity index (χ1) is 7.03. The van der Waals surface area contributed by atoms with Gasteiger partial charge in [0, 0.05) is 12.5 Å². The highest BCUT2D eigenvalue weighted by Crippen LogP contribution is 2.11. The van der Waals surface area contributed by atoms with Gasteiger partial charge in [0.1, 0.15) is 6.61 Å². The summed E-state index contributed by atoms with van der Waals surface area (Å²) in [6.07, 6.45) is 2.15. The van der Waals surface area contributed by atoms with Crippen molar-refractivity contribution in [3.63, 3.8) is 0 Å². The summed E-state index contributed by atoms with van der Waals surface area (Å²) in [5.74, 6) is -3.62. The van der Waals surface area contributed by atoms with Crippen LogP contribution in [0, 0.1) is 0 Å². The molecule has 1 amide bonds. The molecule has 6 heteroatoms. The molecule has 3 N–H and O–H groups in total. The number of hydrogen-bond acceptors (Lipinski definition) is 3. The van der Waals surface area contributed by atoms with Gasteiger partial charge in [-0.05, 0) is 19.4 Å². The van der Waals surface area contributed by atoms with Crippen LogP contribution in [0.2, 0.25) is 0 Å². The van der Waals surface area contributed by atoms with E-state index in [9.17, 15) is 13.6 Å². The lowest BCUT2D eigenvalue weighted by Crippen LogP contribution is -2.40. The lowest BCUT2D eigenvalue weighted by molar-refractivity contribution is -0.124. The minimum Gasteiger partial charge on any atom is -0.390 e. The van der Waals surface area contributed by atoms with Gasteiger partial charge in [0.15, 0.2) is 0 Å². The van der Waals surface area contributed by atoms with Crippen LogP contribution in [0.4, 0.5) is 8.78 Å². The van der Waals surface area contributed by atoms with Crippen molar-refractivity contribution < 1.29 is 18.7 Å². The van der Waals surface area contributed by atoms with Crippen LogP contribution in [0.3, 0.4) is 0 Å². The topological polar surface area (TPSA) is 61.4 Å². The first-order valence-electron chi connectivity index (χ1n) is 5.02. The molecular formula is C9H16F2N2O2. The molecular weight excluding hydrogens is 206 g/mol. The summed E-state index contributed by atoms with van der Waals surface area (Å²) < 4.78 is 25.1. The molecule has 0 aliphatic carbocycles. The van der Waals surface area contributed by atoms with Crippen LogP contribution in [0.25, 0.3) is 0 Å². The highest BCUT2D eigenvalue weighted by Gasteiger charge is 2.28. The molecule has 0 aromatic heterocycles. The molecule has 0 radical (unpaired) electrons. The lowest BCUT2D eigenvalue weighted by Gasteiger charge is -2.15. The molecule has 1 aliphatic heterocycles. The third-order valence-electron chi connectivity index (χ3n) is 2.37. The van der Waals surface area contributed by atoms with Crippen molar-refractivity contribution in [2.24, 2.45) is 0 Å². The van der Waals surface area contributed by atoms with E-state index in [1.54, 1.807) is 0 Å².